The lowest BCUT2D eigenvalue weighted by atomic mass is 9.96. The minimum absolute atomic E-state index is 0.0807. The molecule has 0 radical (unpaired) electrons. The Kier molecular flexibility index (Phi) is 4.17. The first-order valence-corrected chi connectivity index (χ1v) is 8.05. The van der Waals surface area contributed by atoms with Crippen molar-refractivity contribution in [2.24, 2.45) is 0 Å². The van der Waals surface area contributed by atoms with Gasteiger partial charge in [0.05, 0.1) is 11.1 Å². The second kappa shape index (κ2) is 6.16. The number of fused-ring (bicyclic) bond motifs is 1. The first-order chi connectivity index (χ1) is 11.8. The van der Waals surface area contributed by atoms with Crippen LogP contribution < -0.4 is 4.74 Å². The number of ether oxygens (including phenoxy) is 1. The maximum Gasteiger partial charge on any atom is 0.166 e. The largest absolute Gasteiger partial charge is 0.506 e. The van der Waals surface area contributed by atoms with Crippen LogP contribution >= 0.6 is 0 Å². The monoisotopic (exact) mass is 340 g/mol. The molecule has 2 aromatic carbocycles. The van der Waals surface area contributed by atoms with Crippen LogP contribution in [0.2, 0.25) is 0 Å². The van der Waals surface area contributed by atoms with Crippen LogP contribution in [0, 0.1) is 0 Å². The summed E-state index contributed by atoms with van der Waals surface area (Å²) >= 11 is 0. The molecule has 0 amide bonds. The van der Waals surface area contributed by atoms with E-state index in [1.807, 2.05) is 19.9 Å². The number of ketones is 1. The van der Waals surface area contributed by atoms with Gasteiger partial charge >= 0.3 is 0 Å². The smallest absolute Gasteiger partial charge is 0.166 e. The van der Waals surface area contributed by atoms with Gasteiger partial charge in [-0.25, -0.2) is 0 Å². The highest BCUT2D eigenvalue weighted by atomic mass is 16.5. The third kappa shape index (κ3) is 3.45. The lowest BCUT2D eigenvalue weighted by molar-refractivity contribution is 0.0980. The van der Waals surface area contributed by atoms with E-state index in [-0.39, 0.29) is 35.0 Å². The van der Waals surface area contributed by atoms with Crippen LogP contribution in [0.5, 0.6) is 23.0 Å². The first kappa shape index (κ1) is 16.9. The summed E-state index contributed by atoms with van der Waals surface area (Å²) in [6.07, 6.45) is 4.17. The van der Waals surface area contributed by atoms with Crippen LogP contribution in [0.25, 0.3) is 6.08 Å². The highest BCUT2D eigenvalue weighted by molar-refractivity contribution is 6.00. The van der Waals surface area contributed by atoms with Gasteiger partial charge in [-0.2, -0.15) is 0 Å². The van der Waals surface area contributed by atoms with E-state index < -0.39 is 5.60 Å². The van der Waals surface area contributed by atoms with E-state index in [4.69, 9.17) is 4.74 Å². The number of hydrogen-bond acceptors (Lipinski definition) is 5. The first-order valence-electron chi connectivity index (χ1n) is 8.05. The number of phenols is 3. The summed E-state index contributed by atoms with van der Waals surface area (Å²) in [5.41, 5.74) is 1.03. The Hall–Kier alpha value is -2.95. The molecule has 0 fully saturated rings. The molecule has 0 saturated heterocycles. The molecule has 3 rings (SSSR count). The van der Waals surface area contributed by atoms with Crippen LogP contribution in [-0.2, 0) is 6.42 Å². The Morgan fingerprint density at radius 2 is 1.84 bits per heavy atom. The van der Waals surface area contributed by atoms with E-state index in [9.17, 15) is 20.1 Å². The molecule has 130 valence electrons. The van der Waals surface area contributed by atoms with Gasteiger partial charge in [-0.1, -0.05) is 6.07 Å². The fourth-order valence-electron chi connectivity index (χ4n) is 2.78. The Balaban J connectivity index is 1.78. The van der Waals surface area contributed by atoms with Crippen molar-refractivity contribution in [3.8, 4) is 23.0 Å². The standard InChI is InChI=1S/C20H20O5/c1-20(2)10-9-14-18(25-20)8-5-13(19(14)24)15(21)6-3-12-4-7-16(22)17(23)11-12/h4-5,7-11,22-24H,3,6H2,1-2H3. The zero-order chi connectivity index (χ0) is 18.2. The number of hydrogen-bond donors (Lipinski definition) is 3. The molecule has 5 heteroatoms. The number of rotatable bonds is 4. The van der Waals surface area contributed by atoms with Crippen molar-refractivity contribution >= 4 is 11.9 Å². The fraction of sp³-hybridized carbons (Fsp3) is 0.250. The van der Waals surface area contributed by atoms with Crippen molar-refractivity contribution in [3.05, 3.63) is 53.1 Å². The molecule has 0 atom stereocenters. The Bertz CT molecular complexity index is 865. The molecule has 0 unspecified atom stereocenters. The predicted octanol–water partition coefficient (Wildman–Crippen LogP) is 3.80. The fourth-order valence-corrected chi connectivity index (χ4v) is 2.78. The van der Waals surface area contributed by atoms with E-state index in [0.29, 0.717) is 17.7 Å². The molecule has 0 aromatic heterocycles. The highest BCUT2D eigenvalue weighted by Crippen LogP contribution is 2.38. The molecular formula is C20H20O5. The van der Waals surface area contributed by atoms with E-state index in [0.717, 1.165) is 5.56 Å². The molecule has 1 aliphatic rings. The maximum atomic E-state index is 12.5. The van der Waals surface area contributed by atoms with E-state index in [1.54, 1.807) is 24.3 Å². The molecule has 0 aliphatic carbocycles. The Morgan fingerprint density at radius 3 is 2.56 bits per heavy atom. The van der Waals surface area contributed by atoms with Crippen molar-refractivity contribution in [2.45, 2.75) is 32.3 Å². The molecular weight excluding hydrogens is 320 g/mol. The molecule has 25 heavy (non-hydrogen) atoms. The van der Waals surface area contributed by atoms with Crippen molar-refractivity contribution in [1.82, 2.24) is 0 Å². The van der Waals surface area contributed by atoms with Gasteiger partial charge in [0, 0.05) is 6.42 Å². The quantitative estimate of drug-likeness (QED) is 0.582. The number of aromatic hydroxyl groups is 3. The van der Waals surface area contributed by atoms with Crippen molar-refractivity contribution in [2.75, 3.05) is 0 Å². The van der Waals surface area contributed by atoms with Crippen LogP contribution in [0.3, 0.4) is 0 Å². The Morgan fingerprint density at radius 1 is 1.08 bits per heavy atom. The molecule has 0 bridgehead atoms. The van der Waals surface area contributed by atoms with Crippen LogP contribution in [-0.4, -0.2) is 26.7 Å². The van der Waals surface area contributed by atoms with Gasteiger partial charge in [0.1, 0.15) is 17.1 Å². The SMILES string of the molecule is CC1(C)C=Cc2c(ccc(C(=O)CCc3ccc(O)c(O)c3)c2O)O1. The van der Waals surface area contributed by atoms with Gasteiger partial charge in [-0.3, -0.25) is 4.79 Å². The van der Waals surface area contributed by atoms with Crippen molar-refractivity contribution < 1.29 is 24.9 Å². The van der Waals surface area contributed by atoms with Crippen LogP contribution in [0.1, 0.15) is 41.8 Å². The normalized spacial score (nSPS) is 14.6. The maximum absolute atomic E-state index is 12.5. The summed E-state index contributed by atoms with van der Waals surface area (Å²) in [5, 5.41) is 29.2. The zero-order valence-corrected chi connectivity index (χ0v) is 14.1. The van der Waals surface area contributed by atoms with Gasteiger partial charge in [0.25, 0.3) is 0 Å². The average Bonchev–Trinajstić information content (AvgIpc) is 2.55. The summed E-state index contributed by atoms with van der Waals surface area (Å²) < 4.78 is 5.78. The molecule has 1 heterocycles. The van der Waals surface area contributed by atoms with E-state index >= 15 is 0 Å². The minimum atomic E-state index is -0.453. The second-order valence-electron chi connectivity index (χ2n) is 6.66. The van der Waals surface area contributed by atoms with Gasteiger partial charge in [-0.15, -0.1) is 0 Å². The van der Waals surface area contributed by atoms with Gasteiger partial charge < -0.3 is 20.1 Å². The molecule has 5 nitrogen and oxygen atoms in total. The molecule has 1 aliphatic heterocycles. The second-order valence-corrected chi connectivity index (χ2v) is 6.66. The van der Waals surface area contributed by atoms with Gasteiger partial charge in [0.15, 0.2) is 17.3 Å². The van der Waals surface area contributed by atoms with E-state index in [2.05, 4.69) is 0 Å². The lowest BCUT2D eigenvalue weighted by Crippen LogP contribution is -2.27. The minimum Gasteiger partial charge on any atom is -0.506 e. The number of benzene rings is 2. The van der Waals surface area contributed by atoms with Crippen LogP contribution in [0.4, 0.5) is 0 Å². The number of Topliss-reactive ketones (excluding diaryl/α,β-unsaturated/α-hetero) is 1. The van der Waals surface area contributed by atoms with Crippen LogP contribution in [0.15, 0.2) is 36.4 Å². The van der Waals surface area contributed by atoms with Gasteiger partial charge in [-0.05, 0) is 62.2 Å². The lowest BCUT2D eigenvalue weighted by Gasteiger charge is -2.28. The topological polar surface area (TPSA) is 87.0 Å². The summed E-state index contributed by atoms with van der Waals surface area (Å²) in [5.74, 6) is -0.150. The summed E-state index contributed by atoms with van der Waals surface area (Å²) in [6, 6.07) is 7.72. The number of carbonyl (C=O) groups is 1. The number of phenolic OH excluding ortho intramolecular Hbond substituents is 3. The zero-order valence-electron chi connectivity index (χ0n) is 14.1. The molecule has 2 aromatic rings. The average molecular weight is 340 g/mol. The third-order valence-electron chi connectivity index (χ3n) is 4.18. The summed E-state index contributed by atoms with van der Waals surface area (Å²) in [7, 11) is 0. The predicted molar refractivity (Wildman–Crippen MR) is 94.3 cm³/mol. The number of aryl methyl sites for hydroxylation is 1. The number of carbonyl (C=O) groups excluding carboxylic acids is 1. The van der Waals surface area contributed by atoms with Gasteiger partial charge in [0.2, 0.25) is 0 Å². The molecule has 0 spiro atoms. The summed E-state index contributed by atoms with van der Waals surface area (Å²) in [4.78, 5) is 12.5. The van der Waals surface area contributed by atoms with Crippen molar-refractivity contribution in [3.63, 3.8) is 0 Å². The summed E-state index contributed by atoms with van der Waals surface area (Å²) in [6.45, 7) is 3.82. The highest BCUT2D eigenvalue weighted by Gasteiger charge is 2.25. The third-order valence-corrected chi connectivity index (χ3v) is 4.18. The Labute approximate surface area is 145 Å². The molecule has 0 saturated carbocycles. The van der Waals surface area contributed by atoms with Crippen molar-refractivity contribution in [1.29, 1.82) is 0 Å². The molecule has 3 N–H and O–H groups in total. The van der Waals surface area contributed by atoms with E-state index in [1.165, 1.54) is 12.1 Å².